The first-order valence-electron chi connectivity index (χ1n) is 9.29. The normalized spacial score (nSPS) is 26.2. The van der Waals surface area contributed by atoms with Crippen molar-refractivity contribution in [1.29, 1.82) is 0 Å². The standard InChI is InChI=1S/C20H23Cl2F2NO2/c21-16-2-1-15(11-17(16)22)19(9-10-26)6-5-18(27)25(13-19)12-14-3-7-20(23,24)8-4-14/h1-2,10-11,14H,3-9,12-13H2/t19-/m1/s1. The molecule has 1 aromatic rings. The number of hydrogen-bond acceptors (Lipinski definition) is 2. The van der Waals surface area contributed by atoms with E-state index in [4.69, 9.17) is 23.2 Å². The molecule has 1 aromatic carbocycles. The van der Waals surface area contributed by atoms with Gasteiger partial charge in [0.1, 0.15) is 6.29 Å². The molecule has 3 nitrogen and oxygen atoms in total. The molecule has 1 amide bonds. The maximum Gasteiger partial charge on any atom is 0.248 e. The van der Waals surface area contributed by atoms with Gasteiger partial charge in [0.25, 0.3) is 0 Å². The van der Waals surface area contributed by atoms with Crippen molar-refractivity contribution in [3.63, 3.8) is 0 Å². The van der Waals surface area contributed by atoms with Gasteiger partial charge in [0, 0.05) is 44.2 Å². The molecule has 0 bridgehead atoms. The van der Waals surface area contributed by atoms with E-state index in [1.54, 1.807) is 17.0 Å². The van der Waals surface area contributed by atoms with Crippen molar-refractivity contribution in [1.82, 2.24) is 4.90 Å². The Labute approximate surface area is 168 Å². The van der Waals surface area contributed by atoms with E-state index >= 15 is 0 Å². The van der Waals surface area contributed by atoms with Gasteiger partial charge in [0.2, 0.25) is 11.8 Å². The average molecular weight is 418 g/mol. The van der Waals surface area contributed by atoms with E-state index in [-0.39, 0.29) is 31.1 Å². The van der Waals surface area contributed by atoms with Crippen LogP contribution in [0.2, 0.25) is 10.0 Å². The number of benzene rings is 1. The highest BCUT2D eigenvalue weighted by atomic mass is 35.5. The molecule has 0 aromatic heterocycles. The summed E-state index contributed by atoms with van der Waals surface area (Å²) < 4.78 is 26.8. The third kappa shape index (κ3) is 4.62. The maximum atomic E-state index is 13.4. The smallest absolute Gasteiger partial charge is 0.248 e. The summed E-state index contributed by atoms with van der Waals surface area (Å²) in [6, 6.07) is 5.32. The van der Waals surface area contributed by atoms with Crippen molar-refractivity contribution in [2.75, 3.05) is 13.1 Å². The molecule has 148 valence electrons. The van der Waals surface area contributed by atoms with Crippen molar-refractivity contribution in [2.45, 2.75) is 56.3 Å². The molecule has 3 rings (SSSR count). The fourth-order valence-corrected chi connectivity index (χ4v) is 4.60. The Bertz CT molecular complexity index is 718. The van der Waals surface area contributed by atoms with Gasteiger partial charge in [-0.15, -0.1) is 0 Å². The second kappa shape index (κ2) is 8.04. The highest BCUT2D eigenvalue weighted by Crippen LogP contribution is 2.41. The van der Waals surface area contributed by atoms with Gasteiger partial charge in [-0.25, -0.2) is 8.78 Å². The molecule has 2 fully saturated rings. The lowest BCUT2D eigenvalue weighted by Gasteiger charge is -2.44. The van der Waals surface area contributed by atoms with Gasteiger partial charge in [-0.2, -0.15) is 0 Å². The summed E-state index contributed by atoms with van der Waals surface area (Å²) in [6.07, 6.45) is 2.64. The van der Waals surface area contributed by atoms with Crippen molar-refractivity contribution in [3.05, 3.63) is 33.8 Å². The Balaban J connectivity index is 1.79. The van der Waals surface area contributed by atoms with Crippen LogP contribution < -0.4 is 0 Å². The van der Waals surface area contributed by atoms with E-state index in [2.05, 4.69) is 0 Å². The maximum absolute atomic E-state index is 13.4. The molecule has 1 saturated heterocycles. The first-order chi connectivity index (χ1) is 12.7. The van der Waals surface area contributed by atoms with Crippen LogP contribution in [0.4, 0.5) is 8.78 Å². The van der Waals surface area contributed by atoms with Crippen LogP contribution in [0.5, 0.6) is 0 Å². The number of aldehydes is 1. The van der Waals surface area contributed by atoms with E-state index < -0.39 is 11.3 Å². The molecule has 1 saturated carbocycles. The molecule has 0 spiro atoms. The van der Waals surface area contributed by atoms with Gasteiger partial charge >= 0.3 is 0 Å². The number of rotatable bonds is 5. The number of nitrogens with zero attached hydrogens (tertiary/aromatic N) is 1. The molecular formula is C20H23Cl2F2NO2. The van der Waals surface area contributed by atoms with E-state index in [0.717, 1.165) is 11.8 Å². The molecule has 0 N–H and O–H groups in total. The summed E-state index contributed by atoms with van der Waals surface area (Å²) in [4.78, 5) is 25.6. The number of halogens is 4. The lowest BCUT2D eigenvalue weighted by molar-refractivity contribution is -0.137. The third-order valence-electron chi connectivity index (χ3n) is 5.98. The molecule has 7 heteroatoms. The molecule has 27 heavy (non-hydrogen) atoms. The van der Waals surface area contributed by atoms with Gasteiger partial charge in [-0.1, -0.05) is 29.3 Å². The van der Waals surface area contributed by atoms with E-state index in [0.29, 0.717) is 48.8 Å². The fraction of sp³-hybridized carbons (Fsp3) is 0.600. The molecule has 1 heterocycles. The van der Waals surface area contributed by atoms with E-state index in [9.17, 15) is 18.4 Å². The first-order valence-corrected chi connectivity index (χ1v) is 10.1. The Morgan fingerprint density at radius 3 is 2.48 bits per heavy atom. The lowest BCUT2D eigenvalue weighted by Crippen LogP contribution is -2.51. The average Bonchev–Trinajstić information content (AvgIpc) is 2.62. The molecule has 1 aliphatic heterocycles. The summed E-state index contributed by atoms with van der Waals surface area (Å²) in [6.45, 7) is 0.867. The predicted molar refractivity (Wildman–Crippen MR) is 102 cm³/mol. The minimum atomic E-state index is -2.58. The summed E-state index contributed by atoms with van der Waals surface area (Å²) in [5, 5.41) is 0.853. The largest absolute Gasteiger partial charge is 0.342 e. The Hall–Kier alpha value is -1.20. The summed E-state index contributed by atoms with van der Waals surface area (Å²) in [7, 11) is 0. The number of amides is 1. The summed E-state index contributed by atoms with van der Waals surface area (Å²) in [5.41, 5.74) is 0.374. The highest BCUT2D eigenvalue weighted by molar-refractivity contribution is 6.42. The van der Waals surface area contributed by atoms with Crippen LogP contribution in [0.3, 0.4) is 0 Å². The van der Waals surface area contributed by atoms with Gasteiger partial charge in [-0.05, 0) is 42.9 Å². The minimum Gasteiger partial charge on any atom is -0.342 e. The Kier molecular flexibility index (Phi) is 6.11. The van der Waals surface area contributed by atoms with Crippen molar-refractivity contribution in [3.8, 4) is 0 Å². The van der Waals surface area contributed by atoms with Gasteiger partial charge < -0.3 is 9.69 Å². The van der Waals surface area contributed by atoms with Crippen LogP contribution in [0.1, 0.15) is 50.5 Å². The highest BCUT2D eigenvalue weighted by Gasteiger charge is 2.42. The zero-order chi connectivity index (χ0) is 19.7. The van der Waals surface area contributed by atoms with E-state index in [1.807, 2.05) is 6.07 Å². The number of carbonyl (C=O) groups excluding carboxylic acids is 2. The van der Waals surface area contributed by atoms with Crippen LogP contribution in [0, 0.1) is 5.92 Å². The summed E-state index contributed by atoms with van der Waals surface area (Å²) in [5.74, 6) is -2.48. The molecular weight excluding hydrogens is 395 g/mol. The van der Waals surface area contributed by atoms with Gasteiger partial charge in [-0.3, -0.25) is 4.79 Å². The predicted octanol–water partition coefficient (Wildman–Crippen LogP) is 5.27. The monoisotopic (exact) mass is 417 g/mol. The second-order valence-corrected chi connectivity index (χ2v) is 8.67. The zero-order valence-corrected chi connectivity index (χ0v) is 16.5. The van der Waals surface area contributed by atoms with Crippen LogP contribution in [0.25, 0.3) is 0 Å². The second-order valence-electron chi connectivity index (χ2n) is 7.85. The van der Waals surface area contributed by atoms with Crippen molar-refractivity contribution >= 4 is 35.4 Å². The number of alkyl halides is 2. The minimum absolute atomic E-state index is 0.0221. The number of piperidine rings is 1. The van der Waals surface area contributed by atoms with Crippen molar-refractivity contribution in [2.24, 2.45) is 5.92 Å². The number of hydrogen-bond donors (Lipinski definition) is 0. The quantitative estimate of drug-likeness (QED) is 0.611. The Morgan fingerprint density at radius 1 is 1.15 bits per heavy atom. The van der Waals surface area contributed by atoms with E-state index in [1.165, 1.54) is 0 Å². The van der Waals surface area contributed by atoms with Crippen LogP contribution in [-0.2, 0) is 15.0 Å². The number of likely N-dealkylation sites (tertiary alicyclic amines) is 1. The zero-order valence-electron chi connectivity index (χ0n) is 15.0. The van der Waals surface area contributed by atoms with Crippen LogP contribution >= 0.6 is 23.2 Å². The van der Waals surface area contributed by atoms with Crippen molar-refractivity contribution < 1.29 is 18.4 Å². The molecule has 0 unspecified atom stereocenters. The molecule has 2 aliphatic rings. The lowest BCUT2D eigenvalue weighted by atomic mass is 9.71. The number of carbonyl (C=O) groups is 2. The van der Waals surface area contributed by atoms with Gasteiger partial charge in [0.05, 0.1) is 10.0 Å². The third-order valence-corrected chi connectivity index (χ3v) is 6.72. The Morgan fingerprint density at radius 2 is 1.85 bits per heavy atom. The first kappa shape index (κ1) is 20.5. The molecule has 1 aliphatic carbocycles. The molecule has 0 radical (unpaired) electrons. The van der Waals surface area contributed by atoms with Crippen LogP contribution in [0.15, 0.2) is 18.2 Å². The molecule has 1 atom stereocenters. The SMILES string of the molecule is O=CC[C@]1(c2ccc(Cl)c(Cl)c2)CCC(=O)N(CC2CCC(F)(F)CC2)C1. The fourth-order valence-electron chi connectivity index (χ4n) is 4.30. The topological polar surface area (TPSA) is 37.4 Å². The summed E-state index contributed by atoms with van der Waals surface area (Å²) >= 11 is 12.2. The van der Waals surface area contributed by atoms with Gasteiger partial charge in [0.15, 0.2) is 0 Å². The van der Waals surface area contributed by atoms with Crippen LogP contribution in [-0.4, -0.2) is 36.1 Å².